The first-order valence-electron chi connectivity index (χ1n) is 13.0. The van der Waals surface area contributed by atoms with E-state index in [1.807, 2.05) is 56.3 Å². The fourth-order valence-corrected chi connectivity index (χ4v) is 4.97. The molecule has 1 unspecified atom stereocenters. The van der Waals surface area contributed by atoms with Crippen LogP contribution in [0.1, 0.15) is 33.7 Å². The highest BCUT2D eigenvalue weighted by atomic mass is 35.5. The number of fused-ring (bicyclic) bond motifs is 1. The Bertz CT molecular complexity index is 1730. The second kappa shape index (κ2) is 12.5. The number of allylic oxidation sites excluding steroid dienone is 1. The standard InChI is InChI=1S/C33H26Cl2N2O5/c1-19-3-8-25(13-20(19)2)40-18-31(38)41-26-11-12-27-30(15-26)42-33(37)28(16-36)32(27)21-5-9-24(10-6-21)39-17-22-4-7-23(34)14-29(22)35/h3-15,32H,17-18,37H2,1-2H3. The van der Waals surface area contributed by atoms with Crippen LogP contribution in [0.25, 0.3) is 0 Å². The van der Waals surface area contributed by atoms with Crippen LogP contribution >= 0.6 is 23.2 Å². The highest BCUT2D eigenvalue weighted by molar-refractivity contribution is 6.35. The molecule has 0 saturated carbocycles. The minimum absolute atomic E-state index is 0.0192. The molecule has 1 atom stereocenters. The van der Waals surface area contributed by atoms with Crippen molar-refractivity contribution in [3.05, 3.63) is 128 Å². The number of nitrogens with zero attached hydrogens (tertiary/aromatic N) is 1. The van der Waals surface area contributed by atoms with Crippen LogP contribution in [0.2, 0.25) is 10.0 Å². The molecule has 5 rings (SSSR count). The number of carbonyl (C=O) groups is 1. The molecule has 2 N–H and O–H groups in total. The smallest absolute Gasteiger partial charge is 0.349 e. The molecule has 9 heteroatoms. The van der Waals surface area contributed by atoms with E-state index < -0.39 is 11.9 Å². The molecule has 212 valence electrons. The number of hydrogen-bond acceptors (Lipinski definition) is 7. The zero-order valence-corrected chi connectivity index (χ0v) is 24.3. The molecule has 1 heterocycles. The fraction of sp³-hybridized carbons (Fsp3) is 0.152. The van der Waals surface area contributed by atoms with Crippen molar-refractivity contribution >= 4 is 29.2 Å². The quantitative estimate of drug-likeness (QED) is 0.166. The number of carbonyl (C=O) groups excluding carboxylic acids is 1. The van der Waals surface area contributed by atoms with E-state index in [1.165, 1.54) is 0 Å². The topological polar surface area (TPSA) is 104 Å². The summed E-state index contributed by atoms with van der Waals surface area (Å²) < 4.78 is 22.7. The molecule has 0 fully saturated rings. The van der Waals surface area contributed by atoms with Crippen molar-refractivity contribution in [3.8, 4) is 29.1 Å². The Kier molecular flexibility index (Phi) is 8.58. The van der Waals surface area contributed by atoms with Crippen LogP contribution in [0.4, 0.5) is 0 Å². The average Bonchev–Trinajstić information content (AvgIpc) is 2.97. The minimum Gasteiger partial charge on any atom is -0.489 e. The van der Waals surface area contributed by atoms with Crippen molar-refractivity contribution in [1.82, 2.24) is 0 Å². The first kappa shape index (κ1) is 28.9. The third kappa shape index (κ3) is 6.46. The second-order valence-corrected chi connectivity index (χ2v) is 10.6. The summed E-state index contributed by atoms with van der Waals surface area (Å²) in [5, 5.41) is 11.0. The molecule has 4 aromatic rings. The monoisotopic (exact) mass is 600 g/mol. The summed E-state index contributed by atoms with van der Waals surface area (Å²) >= 11 is 12.2. The summed E-state index contributed by atoms with van der Waals surface area (Å²) in [5.74, 6) is 0.771. The fourth-order valence-electron chi connectivity index (χ4n) is 4.51. The van der Waals surface area contributed by atoms with Crippen LogP contribution in [0.5, 0.6) is 23.0 Å². The molecule has 0 spiro atoms. The maximum absolute atomic E-state index is 12.5. The van der Waals surface area contributed by atoms with E-state index in [0.717, 1.165) is 22.3 Å². The predicted molar refractivity (Wildman–Crippen MR) is 160 cm³/mol. The van der Waals surface area contributed by atoms with Crippen LogP contribution < -0.4 is 24.7 Å². The molecule has 0 aromatic heterocycles. The molecule has 0 bridgehead atoms. The van der Waals surface area contributed by atoms with Crippen LogP contribution in [-0.2, 0) is 11.4 Å². The van der Waals surface area contributed by atoms with Gasteiger partial charge in [0.2, 0.25) is 5.88 Å². The molecule has 0 amide bonds. The van der Waals surface area contributed by atoms with Gasteiger partial charge in [0, 0.05) is 27.2 Å². The number of hydrogen-bond donors (Lipinski definition) is 1. The van der Waals surface area contributed by atoms with Crippen LogP contribution in [0.15, 0.2) is 90.3 Å². The molecular formula is C33H26Cl2N2O5. The molecule has 0 radical (unpaired) electrons. The Hall–Kier alpha value is -4.64. The van der Waals surface area contributed by atoms with E-state index in [2.05, 4.69) is 6.07 Å². The number of rotatable bonds is 8. The highest BCUT2D eigenvalue weighted by Gasteiger charge is 2.31. The number of nitrogens with two attached hydrogens (primary N) is 1. The first-order valence-corrected chi connectivity index (χ1v) is 13.8. The number of esters is 1. The van der Waals surface area contributed by atoms with Crippen LogP contribution in [0, 0.1) is 25.2 Å². The molecule has 7 nitrogen and oxygen atoms in total. The van der Waals surface area contributed by atoms with Gasteiger partial charge in [-0.2, -0.15) is 5.26 Å². The second-order valence-electron chi connectivity index (χ2n) is 9.73. The summed E-state index contributed by atoms with van der Waals surface area (Å²) in [4.78, 5) is 12.5. The van der Waals surface area contributed by atoms with Gasteiger partial charge in [-0.1, -0.05) is 53.5 Å². The largest absolute Gasteiger partial charge is 0.489 e. The predicted octanol–water partition coefficient (Wildman–Crippen LogP) is 7.39. The molecule has 1 aliphatic rings. The lowest BCUT2D eigenvalue weighted by atomic mass is 9.83. The summed E-state index contributed by atoms with van der Waals surface area (Å²) in [6, 6.07) is 25.3. The van der Waals surface area contributed by atoms with Crippen molar-refractivity contribution in [1.29, 1.82) is 5.26 Å². The highest BCUT2D eigenvalue weighted by Crippen LogP contribution is 2.43. The van der Waals surface area contributed by atoms with E-state index in [4.69, 9.17) is 47.9 Å². The van der Waals surface area contributed by atoms with Gasteiger partial charge in [-0.15, -0.1) is 0 Å². The molecule has 1 aliphatic heterocycles. The third-order valence-corrected chi connectivity index (χ3v) is 7.47. The van der Waals surface area contributed by atoms with Crippen molar-refractivity contribution < 1.29 is 23.7 Å². The van der Waals surface area contributed by atoms with Gasteiger partial charge in [-0.3, -0.25) is 0 Å². The van der Waals surface area contributed by atoms with Crippen molar-refractivity contribution in [2.24, 2.45) is 5.73 Å². The average molecular weight is 601 g/mol. The Morgan fingerprint density at radius 2 is 1.64 bits per heavy atom. The van der Waals surface area contributed by atoms with Crippen molar-refractivity contribution in [3.63, 3.8) is 0 Å². The van der Waals surface area contributed by atoms with Crippen molar-refractivity contribution in [2.75, 3.05) is 6.61 Å². The minimum atomic E-state index is -0.572. The van der Waals surface area contributed by atoms with Crippen LogP contribution in [-0.4, -0.2) is 12.6 Å². The SMILES string of the molecule is Cc1ccc(OCC(=O)Oc2ccc3c(c2)OC(N)=C(C#N)C3c2ccc(OCc3ccc(Cl)cc3Cl)cc2)cc1C. The Balaban J connectivity index is 1.30. The van der Waals surface area contributed by atoms with E-state index in [9.17, 15) is 10.1 Å². The Morgan fingerprint density at radius 1 is 0.905 bits per heavy atom. The third-order valence-electron chi connectivity index (χ3n) is 6.88. The number of aryl methyl sites for hydroxylation is 2. The summed E-state index contributed by atoms with van der Waals surface area (Å²) in [6.07, 6.45) is 0. The number of nitriles is 1. The van der Waals surface area contributed by atoms with Gasteiger partial charge in [-0.05, 0) is 73.0 Å². The Morgan fingerprint density at radius 3 is 2.36 bits per heavy atom. The van der Waals surface area contributed by atoms with Gasteiger partial charge in [0.05, 0.1) is 5.92 Å². The Labute approximate surface area is 253 Å². The number of benzene rings is 4. The molecule has 42 heavy (non-hydrogen) atoms. The molecule has 0 saturated heterocycles. The van der Waals surface area contributed by atoms with Crippen molar-refractivity contribution in [2.45, 2.75) is 26.4 Å². The van der Waals surface area contributed by atoms with Gasteiger partial charge < -0.3 is 24.7 Å². The van der Waals surface area contributed by atoms with E-state index in [1.54, 1.807) is 36.4 Å². The molecular weight excluding hydrogens is 575 g/mol. The number of ether oxygens (including phenoxy) is 4. The normalized spacial score (nSPS) is 13.9. The lowest BCUT2D eigenvalue weighted by Crippen LogP contribution is -2.21. The lowest BCUT2D eigenvalue weighted by Gasteiger charge is -2.26. The molecule has 0 aliphatic carbocycles. The van der Waals surface area contributed by atoms with E-state index in [0.29, 0.717) is 32.9 Å². The van der Waals surface area contributed by atoms with Gasteiger partial charge in [0.15, 0.2) is 6.61 Å². The van der Waals surface area contributed by atoms with Gasteiger partial charge in [-0.25, -0.2) is 4.79 Å². The number of halogens is 2. The zero-order chi connectivity index (χ0) is 29.8. The van der Waals surface area contributed by atoms with E-state index in [-0.39, 0.29) is 30.4 Å². The van der Waals surface area contributed by atoms with Gasteiger partial charge in [0.25, 0.3) is 0 Å². The van der Waals surface area contributed by atoms with Gasteiger partial charge in [0.1, 0.15) is 41.2 Å². The molecule has 4 aromatic carbocycles. The lowest BCUT2D eigenvalue weighted by molar-refractivity contribution is -0.136. The summed E-state index contributed by atoms with van der Waals surface area (Å²) in [7, 11) is 0. The maximum Gasteiger partial charge on any atom is 0.349 e. The van der Waals surface area contributed by atoms with Crippen LogP contribution in [0.3, 0.4) is 0 Å². The summed E-state index contributed by atoms with van der Waals surface area (Å²) in [6.45, 7) is 3.98. The van der Waals surface area contributed by atoms with Gasteiger partial charge >= 0.3 is 5.97 Å². The maximum atomic E-state index is 12.5. The van der Waals surface area contributed by atoms with E-state index >= 15 is 0 Å². The summed E-state index contributed by atoms with van der Waals surface area (Å²) in [5.41, 5.74) is 10.9. The first-order chi connectivity index (χ1) is 20.2. The zero-order valence-electron chi connectivity index (χ0n) is 22.8.